The van der Waals surface area contributed by atoms with Gasteiger partial charge in [-0.25, -0.2) is 22.9 Å². The van der Waals surface area contributed by atoms with Crippen molar-refractivity contribution in [2.24, 2.45) is 11.3 Å². The number of aryl methyl sites for hydroxylation is 2. The third kappa shape index (κ3) is 6.65. The van der Waals surface area contributed by atoms with E-state index >= 15 is 0 Å². The first-order chi connectivity index (χ1) is 22.4. The van der Waals surface area contributed by atoms with Crippen LogP contribution in [0.1, 0.15) is 67.4 Å². The van der Waals surface area contributed by atoms with Gasteiger partial charge in [0.2, 0.25) is 11.8 Å². The number of benzene rings is 2. The molecule has 1 aliphatic carbocycles. The van der Waals surface area contributed by atoms with Gasteiger partial charge in [-0.3, -0.25) is 4.79 Å². The zero-order chi connectivity index (χ0) is 33.5. The Morgan fingerprint density at radius 2 is 1.74 bits per heavy atom. The second-order valence-electron chi connectivity index (χ2n) is 13.6. The lowest BCUT2D eigenvalue weighted by Crippen LogP contribution is -2.60. The summed E-state index contributed by atoms with van der Waals surface area (Å²) in [4.78, 5) is 39.3. The molecule has 250 valence electrons. The van der Waals surface area contributed by atoms with E-state index in [2.05, 4.69) is 28.5 Å². The molecule has 2 fully saturated rings. The summed E-state index contributed by atoms with van der Waals surface area (Å²) in [6, 6.07) is 13.5. The van der Waals surface area contributed by atoms with E-state index in [1.165, 1.54) is 19.2 Å². The van der Waals surface area contributed by atoms with E-state index in [0.717, 1.165) is 42.4 Å². The monoisotopic (exact) mass is 661 g/mol. The molecule has 2 aliphatic heterocycles. The molecule has 3 heterocycles. The van der Waals surface area contributed by atoms with Gasteiger partial charge in [-0.15, -0.1) is 0 Å². The minimum absolute atomic E-state index is 0.0385. The molecule has 3 aromatic rings. The summed E-state index contributed by atoms with van der Waals surface area (Å²) in [5.41, 5.74) is 3.72. The lowest BCUT2D eigenvalue weighted by molar-refractivity contribution is -0.0504. The van der Waals surface area contributed by atoms with Crippen LogP contribution in [0, 0.1) is 25.2 Å². The number of amides is 2. The van der Waals surface area contributed by atoms with Crippen molar-refractivity contribution in [1.29, 1.82) is 0 Å². The molecular weight excluding hydrogens is 618 g/mol. The highest BCUT2D eigenvalue weighted by molar-refractivity contribution is 7.92. The summed E-state index contributed by atoms with van der Waals surface area (Å²) in [5, 5.41) is 0. The van der Waals surface area contributed by atoms with E-state index in [1.54, 1.807) is 23.1 Å². The second-order valence-corrected chi connectivity index (χ2v) is 15.3. The largest absolute Gasteiger partial charge is 0.475 e. The maximum absolute atomic E-state index is 14.5. The van der Waals surface area contributed by atoms with Crippen molar-refractivity contribution in [3.8, 4) is 17.1 Å². The Kier molecular flexibility index (Phi) is 8.90. The van der Waals surface area contributed by atoms with Crippen molar-refractivity contribution >= 4 is 28.0 Å². The summed E-state index contributed by atoms with van der Waals surface area (Å²) in [6.07, 6.45) is 3.67. The fourth-order valence-electron chi connectivity index (χ4n) is 7.47. The van der Waals surface area contributed by atoms with E-state index in [0.29, 0.717) is 30.8 Å². The van der Waals surface area contributed by atoms with Gasteiger partial charge in [0.1, 0.15) is 6.61 Å². The van der Waals surface area contributed by atoms with Gasteiger partial charge in [0.05, 0.1) is 23.7 Å². The second kappa shape index (κ2) is 12.8. The van der Waals surface area contributed by atoms with Crippen LogP contribution in [-0.2, 0) is 14.8 Å². The van der Waals surface area contributed by atoms with Gasteiger partial charge < -0.3 is 19.3 Å². The first kappa shape index (κ1) is 32.7. The molecule has 3 aliphatic rings. The number of carbonyl (C=O) groups excluding carboxylic acids is 2. The molecule has 6 rings (SSSR count). The Morgan fingerprint density at radius 3 is 2.40 bits per heavy atom. The van der Waals surface area contributed by atoms with Crippen LogP contribution in [0.15, 0.2) is 53.4 Å². The zero-order valence-corrected chi connectivity index (χ0v) is 28.5. The number of ether oxygens (including phenoxy) is 2. The molecule has 1 saturated heterocycles. The van der Waals surface area contributed by atoms with Crippen molar-refractivity contribution in [1.82, 2.24) is 19.8 Å². The van der Waals surface area contributed by atoms with Crippen LogP contribution in [0.4, 0.5) is 10.7 Å². The maximum atomic E-state index is 14.5. The fraction of sp³-hybridized carbons (Fsp3) is 0.486. The molecular formula is C35H43N5O6S. The van der Waals surface area contributed by atoms with Crippen LogP contribution in [0.2, 0.25) is 0 Å². The minimum Gasteiger partial charge on any atom is -0.475 e. The number of sulfonamides is 1. The molecule has 0 radical (unpaired) electrons. The molecule has 2 aromatic carbocycles. The average molecular weight is 662 g/mol. The number of hydrogen-bond donors (Lipinski definition) is 1. The number of likely N-dealkylation sites (tertiary alicyclic amines) is 1. The van der Waals surface area contributed by atoms with Crippen molar-refractivity contribution in [3.63, 3.8) is 0 Å². The summed E-state index contributed by atoms with van der Waals surface area (Å²) in [6.45, 7) is 9.63. The minimum atomic E-state index is -4.14. The van der Waals surface area contributed by atoms with E-state index < -0.39 is 10.0 Å². The smallest absolute Gasteiger partial charge is 0.409 e. The molecule has 1 spiro atoms. The van der Waals surface area contributed by atoms with Gasteiger partial charge >= 0.3 is 6.09 Å². The van der Waals surface area contributed by atoms with Crippen molar-refractivity contribution in [2.75, 3.05) is 31.5 Å². The average Bonchev–Trinajstić information content (AvgIpc) is 3.02. The summed E-state index contributed by atoms with van der Waals surface area (Å²) < 4.78 is 41.2. The predicted octanol–water partition coefficient (Wildman–Crippen LogP) is 5.82. The number of methoxy groups -OCH3 is 1. The topological polar surface area (TPSA) is 131 Å². The van der Waals surface area contributed by atoms with Crippen molar-refractivity contribution < 1.29 is 27.5 Å². The van der Waals surface area contributed by atoms with Crippen LogP contribution in [-0.4, -0.2) is 79.1 Å². The number of fused-ring (bicyclic) bond motifs is 4. The molecule has 1 aromatic heterocycles. The van der Waals surface area contributed by atoms with E-state index in [4.69, 9.17) is 9.47 Å². The predicted molar refractivity (Wildman–Crippen MR) is 178 cm³/mol. The standard InChI is InChI=1S/C35H43N5O6S/c1-22(2)16-26-21-46-30-18-29(31-23(3)8-6-9-24(31)4)36-33(37-30)38-47(43,44)28-11-7-10-25(17-28)32(41)40(26)27-19-35(20-27)12-14-39(15-13-35)34(42)45-5/h6-11,17-18,22,26-27H,12-16,19-21H2,1-5H3,(H,36,37,38)/t26-/m0/s1. The summed E-state index contributed by atoms with van der Waals surface area (Å²) in [5.74, 6) is 0.151. The lowest BCUT2D eigenvalue weighted by atomic mass is 9.59. The number of rotatable bonds is 4. The lowest BCUT2D eigenvalue weighted by Gasteiger charge is -2.56. The van der Waals surface area contributed by atoms with Gasteiger partial charge in [-0.1, -0.05) is 38.1 Å². The number of anilines is 1. The number of nitrogens with zero attached hydrogens (tertiary/aromatic N) is 4. The van der Waals surface area contributed by atoms with Gasteiger partial charge in [0.15, 0.2) is 0 Å². The number of piperidine rings is 1. The van der Waals surface area contributed by atoms with Crippen LogP contribution in [0.5, 0.6) is 5.88 Å². The van der Waals surface area contributed by atoms with Crippen molar-refractivity contribution in [2.45, 2.75) is 76.8 Å². The fourth-order valence-corrected chi connectivity index (χ4v) is 8.46. The highest BCUT2D eigenvalue weighted by atomic mass is 32.2. The number of nitrogens with one attached hydrogen (secondary N) is 1. The SMILES string of the molecule is COC(=O)N1CCC2(CC1)CC(N1C(=O)c3cccc(c3)S(=O)(=O)Nc3nc(cc(-c4c(C)cccc4C)n3)OC[C@@H]1CC(C)C)C2. The Hall–Kier alpha value is -4.19. The molecule has 47 heavy (non-hydrogen) atoms. The number of hydrogen-bond acceptors (Lipinski definition) is 8. The van der Waals surface area contributed by atoms with Gasteiger partial charge in [-0.05, 0) is 86.6 Å². The van der Waals surface area contributed by atoms with E-state index in [-0.39, 0.29) is 58.7 Å². The maximum Gasteiger partial charge on any atom is 0.409 e. The van der Waals surface area contributed by atoms with Crippen LogP contribution in [0.3, 0.4) is 0 Å². The first-order valence-corrected chi connectivity index (χ1v) is 17.7. The molecule has 11 nitrogen and oxygen atoms in total. The highest BCUT2D eigenvalue weighted by Crippen LogP contribution is 2.52. The van der Waals surface area contributed by atoms with Crippen LogP contribution < -0.4 is 9.46 Å². The van der Waals surface area contributed by atoms with Crippen molar-refractivity contribution in [3.05, 3.63) is 65.2 Å². The highest BCUT2D eigenvalue weighted by Gasteiger charge is 2.51. The molecule has 12 heteroatoms. The third-order valence-electron chi connectivity index (χ3n) is 9.84. The molecule has 1 N–H and O–H groups in total. The quantitative estimate of drug-likeness (QED) is 0.370. The Balaban J connectivity index is 1.39. The summed E-state index contributed by atoms with van der Waals surface area (Å²) >= 11 is 0. The molecule has 1 atom stereocenters. The zero-order valence-electron chi connectivity index (χ0n) is 27.7. The van der Waals surface area contributed by atoms with Gasteiger partial charge in [-0.2, -0.15) is 4.98 Å². The van der Waals surface area contributed by atoms with Crippen LogP contribution in [0.25, 0.3) is 11.3 Å². The molecule has 2 amide bonds. The Labute approximate surface area is 276 Å². The molecule has 0 unspecified atom stereocenters. The van der Waals surface area contributed by atoms with Crippen LogP contribution >= 0.6 is 0 Å². The number of aromatic nitrogens is 2. The molecule has 1 saturated carbocycles. The summed E-state index contributed by atoms with van der Waals surface area (Å²) in [7, 11) is -2.74. The Bertz CT molecular complexity index is 1760. The third-order valence-corrected chi connectivity index (χ3v) is 11.2. The normalized spacial score (nSPS) is 20.7. The van der Waals surface area contributed by atoms with E-state index in [1.807, 2.05) is 36.9 Å². The Morgan fingerprint density at radius 1 is 1.06 bits per heavy atom. The van der Waals surface area contributed by atoms with Gasteiger partial charge in [0.25, 0.3) is 15.9 Å². The van der Waals surface area contributed by atoms with E-state index in [9.17, 15) is 18.0 Å². The number of carbonyl (C=O) groups is 2. The first-order valence-electron chi connectivity index (χ1n) is 16.2. The molecule has 4 bridgehead atoms. The van der Waals surface area contributed by atoms with Gasteiger partial charge in [0, 0.05) is 36.3 Å².